The van der Waals surface area contributed by atoms with E-state index in [-0.39, 0.29) is 0 Å². The summed E-state index contributed by atoms with van der Waals surface area (Å²) in [5.74, 6) is 3.43. The molecule has 7 nitrogen and oxygen atoms in total. The molecule has 7 heteroatoms. The van der Waals surface area contributed by atoms with Gasteiger partial charge in [0, 0.05) is 32.8 Å². The van der Waals surface area contributed by atoms with Crippen molar-refractivity contribution < 1.29 is 33.2 Å². The second-order valence-corrected chi connectivity index (χ2v) is 8.77. The van der Waals surface area contributed by atoms with E-state index in [0.717, 1.165) is 50.3 Å². The van der Waals surface area contributed by atoms with Gasteiger partial charge in [0.25, 0.3) is 0 Å². The summed E-state index contributed by atoms with van der Waals surface area (Å²) < 4.78 is 34.4. The predicted octanol–water partition coefficient (Wildman–Crippen LogP) is 6.45. The number of carbonyl (C=O) groups excluding carboxylic acids is 1. The molecule has 0 unspecified atom stereocenters. The molecule has 0 bridgehead atoms. The van der Waals surface area contributed by atoms with E-state index in [9.17, 15) is 4.79 Å². The van der Waals surface area contributed by atoms with Gasteiger partial charge in [-0.1, -0.05) is 6.07 Å². The molecule has 0 amide bonds. The van der Waals surface area contributed by atoms with E-state index in [1.807, 2.05) is 39.0 Å². The summed E-state index contributed by atoms with van der Waals surface area (Å²) >= 11 is 0. The van der Waals surface area contributed by atoms with Crippen LogP contribution < -0.4 is 28.4 Å². The Balaban J connectivity index is 2.20. The number of hydrogen-bond acceptors (Lipinski definition) is 7. The van der Waals surface area contributed by atoms with E-state index in [2.05, 4.69) is 6.07 Å². The van der Waals surface area contributed by atoms with E-state index in [1.165, 1.54) is 7.11 Å². The smallest absolute Gasteiger partial charge is 0.171 e. The van der Waals surface area contributed by atoms with Crippen LogP contribution in [0.3, 0.4) is 0 Å². The lowest BCUT2D eigenvalue weighted by Gasteiger charge is -2.23. The molecule has 0 aliphatic rings. The molecule has 0 fully saturated rings. The Morgan fingerprint density at radius 3 is 1.38 bits per heavy atom. The van der Waals surface area contributed by atoms with Gasteiger partial charge in [0.1, 0.15) is 11.5 Å². The Bertz CT molecular complexity index is 1540. The summed E-state index contributed by atoms with van der Waals surface area (Å²) in [6, 6.07) is 7.87. The SMILES string of the molecule is COc1cc2c(OC)c(-c3c(C)cc4c(C=O)c(OC)c(OC)cc4c3OC)c(C)cc2c(C)c1OC. The van der Waals surface area contributed by atoms with Crippen LogP contribution in [0.1, 0.15) is 27.0 Å². The highest BCUT2D eigenvalue weighted by molar-refractivity contribution is 6.10. The molecular weight excluding hydrogens is 472 g/mol. The number of carbonyl (C=O) groups is 1. The Hall–Kier alpha value is -4.13. The van der Waals surface area contributed by atoms with E-state index >= 15 is 0 Å². The quantitative estimate of drug-likeness (QED) is 0.255. The van der Waals surface area contributed by atoms with Crippen LogP contribution in [-0.4, -0.2) is 48.9 Å². The van der Waals surface area contributed by atoms with E-state index in [0.29, 0.717) is 45.4 Å². The third kappa shape index (κ3) is 3.86. The molecule has 0 aliphatic carbocycles. The molecule has 0 N–H and O–H groups in total. The first-order chi connectivity index (χ1) is 17.8. The molecule has 0 heterocycles. The van der Waals surface area contributed by atoms with Crippen molar-refractivity contribution in [2.45, 2.75) is 20.8 Å². The summed E-state index contributed by atoms with van der Waals surface area (Å²) in [5.41, 5.74) is 5.02. The van der Waals surface area contributed by atoms with Crippen LogP contribution in [-0.2, 0) is 0 Å². The molecule has 0 saturated heterocycles. The van der Waals surface area contributed by atoms with Crippen molar-refractivity contribution in [1.82, 2.24) is 0 Å². The summed E-state index contributed by atoms with van der Waals surface area (Å²) in [7, 11) is 9.59. The fourth-order valence-corrected chi connectivity index (χ4v) is 5.31. The summed E-state index contributed by atoms with van der Waals surface area (Å²) in [6.45, 7) is 6.04. The van der Waals surface area contributed by atoms with Crippen LogP contribution in [0, 0.1) is 20.8 Å². The number of methoxy groups -OCH3 is 6. The third-order valence-corrected chi connectivity index (χ3v) is 6.94. The zero-order chi connectivity index (χ0) is 27.0. The molecule has 0 saturated carbocycles. The van der Waals surface area contributed by atoms with Gasteiger partial charge in [-0.15, -0.1) is 0 Å². The van der Waals surface area contributed by atoms with Crippen LogP contribution >= 0.6 is 0 Å². The van der Waals surface area contributed by atoms with Crippen molar-refractivity contribution in [1.29, 1.82) is 0 Å². The maximum atomic E-state index is 12.2. The fourth-order valence-electron chi connectivity index (χ4n) is 5.31. The van der Waals surface area contributed by atoms with Gasteiger partial charge in [0.15, 0.2) is 29.3 Å². The maximum absolute atomic E-state index is 12.2. The number of rotatable bonds is 8. The van der Waals surface area contributed by atoms with Gasteiger partial charge < -0.3 is 28.4 Å². The topological polar surface area (TPSA) is 72.5 Å². The Kier molecular flexibility index (Phi) is 7.07. The number of aryl methyl sites for hydroxylation is 3. The summed E-state index contributed by atoms with van der Waals surface area (Å²) in [6.07, 6.45) is 0.784. The number of fused-ring (bicyclic) bond motifs is 2. The molecular formula is C30H32O7. The minimum Gasteiger partial charge on any atom is -0.495 e. The van der Waals surface area contributed by atoms with E-state index in [4.69, 9.17) is 28.4 Å². The Morgan fingerprint density at radius 2 is 0.946 bits per heavy atom. The molecule has 0 aromatic heterocycles. The molecule has 37 heavy (non-hydrogen) atoms. The molecule has 0 atom stereocenters. The third-order valence-electron chi connectivity index (χ3n) is 6.94. The van der Waals surface area contributed by atoms with Gasteiger partial charge >= 0.3 is 0 Å². The first-order valence-corrected chi connectivity index (χ1v) is 11.8. The highest BCUT2D eigenvalue weighted by atomic mass is 16.5. The number of ether oxygens (including phenoxy) is 6. The Labute approximate surface area is 216 Å². The monoisotopic (exact) mass is 504 g/mol. The first kappa shape index (κ1) is 25.9. The molecule has 0 spiro atoms. The fraction of sp³-hybridized carbons (Fsp3) is 0.300. The standard InChI is InChI=1S/C30H32O7/c1-15-10-18-17(3)27(34-6)23(32-4)12-20(18)29(36-8)25(15)26-16(2)11-19-21(30(26)37-9)13-24(33-5)28(35-7)22(19)14-31/h10-14H,1-9H3. The van der Waals surface area contributed by atoms with Crippen LogP contribution in [0.15, 0.2) is 24.3 Å². The summed E-state index contributed by atoms with van der Waals surface area (Å²) in [4.78, 5) is 12.2. The first-order valence-electron chi connectivity index (χ1n) is 11.8. The normalized spacial score (nSPS) is 10.9. The van der Waals surface area contributed by atoms with Crippen LogP contribution in [0.2, 0.25) is 0 Å². The van der Waals surface area contributed by atoms with Gasteiger partial charge in [-0.25, -0.2) is 0 Å². The second-order valence-electron chi connectivity index (χ2n) is 8.77. The molecule has 194 valence electrons. The van der Waals surface area contributed by atoms with Crippen LogP contribution in [0.4, 0.5) is 0 Å². The summed E-state index contributed by atoms with van der Waals surface area (Å²) in [5, 5.41) is 3.33. The van der Waals surface area contributed by atoms with E-state index in [1.54, 1.807) is 35.5 Å². The number of hydrogen-bond donors (Lipinski definition) is 0. The van der Waals surface area contributed by atoms with Gasteiger partial charge in [-0.2, -0.15) is 0 Å². The van der Waals surface area contributed by atoms with Gasteiger partial charge in [-0.05, 0) is 55.5 Å². The molecule has 4 aromatic rings. The van der Waals surface area contributed by atoms with Crippen LogP contribution in [0.5, 0.6) is 34.5 Å². The minimum atomic E-state index is 0.384. The lowest BCUT2D eigenvalue weighted by Crippen LogP contribution is -2.02. The zero-order valence-corrected chi connectivity index (χ0v) is 22.7. The van der Waals surface area contributed by atoms with E-state index < -0.39 is 0 Å². The van der Waals surface area contributed by atoms with Crippen LogP contribution in [0.25, 0.3) is 32.7 Å². The average Bonchev–Trinajstić information content (AvgIpc) is 2.90. The second kappa shape index (κ2) is 10.1. The number of aldehydes is 1. The van der Waals surface area contributed by atoms with Crippen molar-refractivity contribution in [2.75, 3.05) is 42.7 Å². The van der Waals surface area contributed by atoms with Gasteiger partial charge in [0.05, 0.1) is 48.2 Å². The van der Waals surface area contributed by atoms with Crippen molar-refractivity contribution in [2.24, 2.45) is 0 Å². The molecule has 0 aliphatic heterocycles. The van der Waals surface area contributed by atoms with Crippen molar-refractivity contribution >= 4 is 27.8 Å². The zero-order valence-electron chi connectivity index (χ0n) is 22.7. The van der Waals surface area contributed by atoms with Crippen molar-refractivity contribution in [3.63, 3.8) is 0 Å². The van der Waals surface area contributed by atoms with Gasteiger partial charge in [-0.3, -0.25) is 4.79 Å². The molecule has 4 aromatic carbocycles. The van der Waals surface area contributed by atoms with Gasteiger partial charge in [0.2, 0.25) is 0 Å². The maximum Gasteiger partial charge on any atom is 0.171 e. The number of benzene rings is 4. The lowest BCUT2D eigenvalue weighted by molar-refractivity contribution is 0.112. The molecule has 4 rings (SSSR count). The lowest BCUT2D eigenvalue weighted by atomic mass is 9.87. The largest absolute Gasteiger partial charge is 0.495 e. The predicted molar refractivity (Wildman–Crippen MR) is 146 cm³/mol. The van der Waals surface area contributed by atoms with Crippen molar-refractivity contribution in [3.05, 3.63) is 46.5 Å². The highest BCUT2D eigenvalue weighted by Gasteiger charge is 2.26. The minimum absolute atomic E-state index is 0.384. The highest BCUT2D eigenvalue weighted by Crippen LogP contribution is 2.51. The average molecular weight is 505 g/mol. The van der Waals surface area contributed by atoms with Crippen molar-refractivity contribution in [3.8, 4) is 45.6 Å². The molecule has 0 radical (unpaired) electrons. The Morgan fingerprint density at radius 1 is 0.514 bits per heavy atom.